The van der Waals surface area contributed by atoms with E-state index in [9.17, 15) is 18.8 Å². The van der Waals surface area contributed by atoms with Crippen LogP contribution >= 0.6 is 0 Å². The number of ether oxygens (including phenoxy) is 1. The number of halogens is 1. The summed E-state index contributed by atoms with van der Waals surface area (Å²) in [7, 11) is 0. The lowest BCUT2D eigenvalue weighted by Gasteiger charge is -2.18. The molecule has 7 nitrogen and oxygen atoms in total. The summed E-state index contributed by atoms with van der Waals surface area (Å²) in [6.45, 7) is 3.72. The molecule has 1 aliphatic heterocycles. The van der Waals surface area contributed by atoms with E-state index in [-0.39, 0.29) is 24.6 Å². The van der Waals surface area contributed by atoms with E-state index in [1.807, 2.05) is 31.2 Å². The van der Waals surface area contributed by atoms with Gasteiger partial charge in [0.05, 0.1) is 5.92 Å². The van der Waals surface area contributed by atoms with Gasteiger partial charge in [-0.25, -0.2) is 4.39 Å². The molecule has 1 aliphatic rings. The smallest absolute Gasteiger partial charge is 0.279 e. The first-order valence-electron chi connectivity index (χ1n) is 9.79. The van der Waals surface area contributed by atoms with E-state index < -0.39 is 29.7 Å². The fourth-order valence-electron chi connectivity index (χ4n) is 3.16. The van der Waals surface area contributed by atoms with Crippen LogP contribution in [0.25, 0.3) is 0 Å². The Morgan fingerprint density at radius 1 is 1.17 bits per heavy atom. The Bertz CT molecular complexity index is 932. The first kappa shape index (κ1) is 21.3. The summed E-state index contributed by atoms with van der Waals surface area (Å²) in [5.74, 6) is -2.49. The van der Waals surface area contributed by atoms with Gasteiger partial charge in [-0.1, -0.05) is 31.2 Å². The molecule has 8 heteroatoms. The summed E-state index contributed by atoms with van der Waals surface area (Å²) in [6, 6.07) is 13.4. The zero-order valence-electron chi connectivity index (χ0n) is 16.9. The molecule has 30 heavy (non-hydrogen) atoms. The van der Waals surface area contributed by atoms with Crippen molar-refractivity contribution in [1.29, 1.82) is 0 Å². The first-order valence-corrected chi connectivity index (χ1v) is 9.79. The highest BCUT2D eigenvalue weighted by molar-refractivity contribution is 6.00. The molecule has 1 fully saturated rings. The zero-order valence-corrected chi connectivity index (χ0v) is 16.9. The molecule has 1 saturated heterocycles. The minimum absolute atomic E-state index is 0.0541. The highest BCUT2D eigenvalue weighted by Gasteiger charge is 2.35. The first-order chi connectivity index (χ1) is 14.4. The van der Waals surface area contributed by atoms with Gasteiger partial charge in [0.2, 0.25) is 11.8 Å². The average Bonchev–Trinajstić information content (AvgIpc) is 3.15. The summed E-state index contributed by atoms with van der Waals surface area (Å²) in [5, 5.41) is 0. The van der Waals surface area contributed by atoms with Crippen LogP contribution < -0.4 is 20.5 Å². The Kier molecular flexibility index (Phi) is 6.66. The molecule has 2 aromatic carbocycles. The van der Waals surface area contributed by atoms with E-state index in [0.29, 0.717) is 0 Å². The third-order valence-electron chi connectivity index (χ3n) is 4.97. The molecule has 0 radical (unpaired) electrons. The SMILES string of the molecule is CCc1ccc(N2C[C@H](C(=O)NNC(=O)[C@@H](C)Oc3ccccc3F)CC2=O)cc1. The van der Waals surface area contributed by atoms with Crippen LogP contribution in [0.15, 0.2) is 48.5 Å². The van der Waals surface area contributed by atoms with Gasteiger partial charge >= 0.3 is 0 Å². The molecule has 0 bridgehead atoms. The van der Waals surface area contributed by atoms with Gasteiger partial charge in [0.25, 0.3) is 5.91 Å². The quantitative estimate of drug-likeness (QED) is 0.712. The number of hydrogen-bond donors (Lipinski definition) is 2. The Balaban J connectivity index is 1.51. The van der Waals surface area contributed by atoms with E-state index in [2.05, 4.69) is 10.9 Å². The number of para-hydroxylation sites is 1. The topological polar surface area (TPSA) is 87.7 Å². The number of hydrazine groups is 1. The summed E-state index contributed by atoms with van der Waals surface area (Å²) in [6.07, 6.45) is -0.0720. The maximum atomic E-state index is 13.6. The third-order valence-corrected chi connectivity index (χ3v) is 4.97. The van der Waals surface area contributed by atoms with Crippen molar-refractivity contribution in [1.82, 2.24) is 10.9 Å². The minimum Gasteiger partial charge on any atom is -0.478 e. The number of nitrogens with one attached hydrogen (secondary N) is 2. The Morgan fingerprint density at radius 3 is 2.53 bits per heavy atom. The molecule has 2 atom stereocenters. The summed E-state index contributed by atoms with van der Waals surface area (Å²) in [5.41, 5.74) is 6.49. The predicted molar refractivity (Wildman–Crippen MR) is 109 cm³/mol. The highest BCUT2D eigenvalue weighted by atomic mass is 19.1. The van der Waals surface area contributed by atoms with Crippen LogP contribution in [-0.4, -0.2) is 30.4 Å². The van der Waals surface area contributed by atoms with Crippen LogP contribution in [0.2, 0.25) is 0 Å². The second-order valence-corrected chi connectivity index (χ2v) is 7.09. The van der Waals surface area contributed by atoms with Crippen molar-refractivity contribution in [2.75, 3.05) is 11.4 Å². The van der Waals surface area contributed by atoms with Gasteiger partial charge in [-0.05, 0) is 43.2 Å². The van der Waals surface area contributed by atoms with E-state index >= 15 is 0 Å². The molecule has 0 aliphatic carbocycles. The number of hydrogen-bond acceptors (Lipinski definition) is 4. The molecule has 2 aromatic rings. The van der Waals surface area contributed by atoms with Gasteiger partial charge in [0.15, 0.2) is 17.7 Å². The molecular formula is C22H24FN3O4. The minimum atomic E-state index is -1.03. The van der Waals surface area contributed by atoms with Crippen molar-refractivity contribution in [3.05, 3.63) is 59.9 Å². The number of aryl methyl sites for hydroxylation is 1. The standard InChI is InChI=1S/C22H24FN3O4/c1-3-15-8-10-17(11-9-15)26-13-16(12-20(26)27)22(29)25-24-21(28)14(2)30-19-7-5-4-6-18(19)23/h4-11,14,16H,3,12-13H2,1-2H3,(H,24,28)(H,25,29)/t14-,16-/m1/s1. The van der Waals surface area contributed by atoms with E-state index in [0.717, 1.165) is 17.7 Å². The summed E-state index contributed by atoms with van der Waals surface area (Å²) < 4.78 is 18.9. The Hall–Kier alpha value is -3.42. The van der Waals surface area contributed by atoms with Crippen molar-refractivity contribution < 1.29 is 23.5 Å². The van der Waals surface area contributed by atoms with E-state index in [1.54, 1.807) is 11.0 Å². The number of anilines is 1. The van der Waals surface area contributed by atoms with Crippen LogP contribution in [0.5, 0.6) is 5.75 Å². The normalized spacial score (nSPS) is 16.8. The van der Waals surface area contributed by atoms with Gasteiger partial charge in [-0.15, -0.1) is 0 Å². The number of benzene rings is 2. The zero-order chi connectivity index (χ0) is 21.7. The number of carbonyl (C=O) groups is 3. The van der Waals surface area contributed by atoms with Gasteiger partial charge < -0.3 is 9.64 Å². The fourth-order valence-corrected chi connectivity index (χ4v) is 3.16. The molecule has 0 saturated carbocycles. The van der Waals surface area contributed by atoms with Crippen molar-refractivity contribution in [2.24, 2.45) is 5.92 Å². The number of rotatable bonds is 6. The van der Waals surface area contributed by atoms with Crippen LogP contribution in [0, 0.1) is 11.7 Å². The monoisotopic (exact) mass is 413 g/mol. The molecule has 158 valence electrons. The van der Waals surface area contributed by atoms with Gasteiger partial charge in [0, 0.05) is 18.7 Å². The van der Waals surface area contributed by atoms with Gasteiger partial charge in [-0.2, -0.15) is 0 Å². The van der Waals surface area contributed by atoms with Gasteiger partial charge in [-0.3, -0.25) is 25.2 Å². The molecule has 2 N–H and O–H groups in total. The lowest BCUT2D eigenvalue weighted by Crippen LogP contribution is -2.49. The maximum Gasteiger partial charge on any atom is 0.279 e. The lowest BCUT2D eigenvalue weighted by molar-refractivity contribution is -0.134. The van der Waals surface area contributed by atoms with E-state index in [1.165, 1.54) is 25.1 Å². The number of carbonyl (C=O) groups excluding carboxylic acids is 3. The van der Waals surface area contributed by atoms with Crippen molar-refractivity contribution in [3.8, 4) is 5.75 Å². The highest BCUT2D eigenvalue weighted by Crippen LogP contribution is 2.25. The molecule has 0 unspecified atom stereocenters. The Labute approximate surface area is 174 Å². The second-order valence-electron chi connectivity index (χ2n) is 7.09. The fraction of sp³-hybridized carbons (Fsp3) is 0.318. The lowest BCUT2D eigenvalue weighted by atomic mass is 10.1. The molecule has 3 rings (SSSR count). The third kappa shape index (κ3) is 4.94. The molecule has 0 aromatic heterocycles. The Morgan fingerprint density at radius 2 is 1.87 bits per heavy atom. The van der Waals surface area contributed by atoms with Crippen LogP contribution in [0.4, 0.5) is 10.1 Å². The molecular weight excluding hydrogens is 389 g/mol. The average molecular weight is 413 g/mol. The van der Waals surface area contributed by atoms with Gasteiger partial charge in [0.1, 0.15) is 0 Å². The second kappa shape index (κ2) is 9.39. The number of nitrogens with zero attached hydrogens (tertiary/aromatic N) is 1. The number of amides is 3. The summed E-state index contributed by atoms with van der Waals surface area (Å²) >= 11 is 0. The van der Waals surface area contributed by atoms with E-state index in [4.69, 9.17) is 4.74 Å². The van der Waals surface area contributed by atoms with Crippen molar-refractivity contribution >= 4 is 23.4 Å². The predicted octanol–water partition coefficient (Wildman–Crippen LogP) is 2.36. The van der Waals surface area contributed by atoms with Crippen molar-refractivity contribution in [2.45, 2.75) is 32.8 Å². The summed E-state index contributed by atoms with van der Waals surface area (Å²) in [4.78, 5) is 38.4. The van der Waals surface area contributed by atoms with Crippen LogP contribution in [0.3, 0.4) is 0 Å². The largest absolute Gasteiger partial charge is 0.478 e. The van der Waals surface area contributed by atoms with Crippen molar-refractivity contribution in [3.63, 3.8) is 0 Å². The molecule has 1 heterocycles. The molecule has 0 spiro atoms. The maximum absolute atomic E-state index is 13.6. The van der Waals surface area contributed by atoms with Crippen LogP contribution in [-0.2, 0) is 20.8 Å². The molecule has 3 amide bonds. The van der Waals surface area contributed by atoms with Crippen LogP contribution in [0.1, 0.15) is 25.8 Å².